The molecule has 0 aliphatic carbocycles. The van der Waals surface area contributed by atoms with E-state index in [9.17, 15) is 5.26 Å². The summed E-state index contributed by atoms with van der Waals surface area (Å²) in [6.45, 7) is 7.25. The minimum Gasteiger partial charge on any atom is -0.378 e. The topological polar surface area (TPSA) is 33.0 Å². The molecule has 0 saturated carbocycles. The van der Waals surface area contributed by atoms with E-state index in [4.69, 9.17) is 4.74 Å². The fraction of sp³-hybridized carbons (Fsp3) is 0.588. The van der Waals surface area contributed by atoms with Crippen molar-refractivity contribution < 1.29 is 4.74 Å². The highest BCUT2D eigenvalue weighted by atomic mass is 16.5. The standard InChI is InChI=1S/C17H23NO/c1-13(2)16-12-17(8-10-18,9-11-19-16)15-6-4-14(3)5-7-15/h4-7,13,16H,8-9,11-12H2,1-3H3/t16-,17+/m1/s1. The zero-order valence-electron chi connectivity index (χ0n) is 12.1. The molecule has 1 aromatic rings. The lowest BCUT2D eigenvalue weighted by Gasteiger charge is -2.41. The molecule has 1 fully saturated rings. The Balaban J connectivity index is 2.32. The van der Waals surface area contributed by atoms with Gasteiger partial charge in [-0.1, -0.05) is 43.7 Å². The van der Waals surface area contributed by atoms with Crippen LogP contribution in [0.25, 0.3) is 0 Å². The van der Waals surface area contributed by atoms with Gasteiger partial charge in [0.2, 0.25) is 0 Å². The quantitative estimate of drug-likeness (QED) is 0.820. The first-order valence-corrected chi connectivity index (χ1v) is 7.13. The summed E-state index contributed by atoms with van der Waals surface area (Å²) in [6.07, 6.45) is 2.76. The fourth-order valence-electron chi connectivity index (χ4n) is 2.96. The number of aryl methyl sites for hydroxylation is 1. The second-order valence-electron chi connectivity index (χ2n) is 6.09. The van der Waals surface area contributed by atoms with E-state index < -0.39 is 0 Å². The van der Waals surface area contributed by atoms with E-state index in [0.29, 0.717) is 12.3 Å². The van der Waals surface area contributed by atoms with Gasteiger partial charge in [0.05, 0.1) is 12.2 Å². The average molecular weight is 257 g/mol. The number of hydrogen-bond donors (Lipinski definition) is 0. The van der Waals surface area contributed by atoms with Crippen molar-refractivity contribution >= 4 is 0 Å². The fourth-order valence-corrected chi connectivity index (χ4v) is 2.96. The molecular formula is C17H23NO. The van der Waals surface area contributed by atoms with Crippen molar-refractivity contribution in [3.63, 3.8) is 0 Å². The smallest absolute Gasteiger partial charge is 0.0631 e. The van der Waals surface area contributed by atoms with Crippen molar-refractivity contribution in [1.29, 1.82) is 5.26 Å². The molecule has 1 aromatic carbocycles. The van der Waals surface area contributed by atoms with E-state index >= 15 is 0 Å². The van der Waals surface area contributed by atoms with Crippen LogP contribution in [0.5, 0.6) is 0 Å². The lowest BCUT2D eigenvalue weighted by atomic mass is 9.69. The summed E-state index contributed by atoms with van der Waals surface area (Å²) >= 11 is 0. The summed E-state index contributed by atoms with van der Waals surface area (Å²) in [5.74, 6) is 0.504. The Labute approximate surface area is 116 Å². The molecule has 1 saturated heterocycles. The van der Waals surface area contributed by atoms with Gasteiger partial charge in [-0.25, -0.2) is 0 Å². The van der Waals surface area contributed by atoms with Gasteiger partial charge in [-0.3, -0.25) is 0 Å². The third-order valence-corrected chi connectivity index (χ3v) is 4.33. The third-order valence-electron chi connectivity index (χ3n) is 4.33. The van der Waals surface area contributed by atoms with Crippen molar-refractivity contribution in [2.75, 3.05) is 6.61 Å². The Morgan fingerprint density at radius 1 is 1.37 bits per heavy atom. The molecular weight excluding hydrogens is 234 g/mol. The van der Waals surface area contributed by atoms with Gasteiger partial charge in [-0.15, -0.1) is 0 Å². The minimum atomic E-state index is -0.0182. The Hall–Kier alpha value is -1.33. The molecule has 2 heteroatoms. The zero-order valence-corrected chi connectivity index (χ0v) is 12.1. The van der Waals surface area contributed by atoms with Gasteiger partial charge in [-0.2, -0.15) is 5.26 Å². The molecule has 1 heterocycles. The van der Waals surface area contributed by atoms with Gasteiger partial charge >= 0.3 is 0 Å². The normalized spacial score (nSPS) is 27.2. The van der Waals surface area contributed by atoms with Crippen molar-refractivity contribution in [3.05, 3.63) is 35.4 Å². The van der Waals surface area contributed by atoms with Crippen LogP contribution in [0.3, 0.4) is 0 Å². The molecule has 0 spiro atoms. The van der Waals surface area contributed by atoms with E-state index in [0.717, 1.165) is 19.4 Å². The number of rotatable bonds is 3. The van der Waals surface area contributed by atoms with Crippen molar-refractivity contribution in [2.24, 2.45) is 5.92 Å². The summed E-state index contributed by atoms with van der Waals surface area (Å²) in [4.78, 5) is 0. The first-order chi connectivity index (χ1) is 9.07. The molecule has 19 heavy (non-hydrogen) atoms. The molecule has 0 N–H and O–H groups in total. The monoisotopic (exact) mass is 257 g/mol. The van der Waals surface area contributed by atoms with Crippen molar-refractivity contribution in [3.8, 4) is 6.07 Å². The first-order valence-electron chi connectivity index (χ1n) is 7.13. The van der Waals surface area contributed by atoms with Gasteiger partial charge < -0.3 is 4.74 Å². The SMILES string of the molecule is Cc1ccc([C@@]2(CC#N)CCO[C@@H](C(C)C)C2)cc1. The molecule has 2 atom stereocenters. The molecule has 0 bridgehead atoms. The van der Waals surface area contributed by atoms with Crippen LogP contribution < -0.4 is 0 Å². The average Bonchev–Trinajstić information content (AvgIpc) is 2.40. The first kappa shape index (κ1) is 14.1. The molecule has 1 aliphatic rings. The van der Waals surface area contributed by atoms with Crippen LogP contribution in [0.4, 0.5) is 0 Å². The van der Waals surface area contributed by atoms with E-state index in [1.54, 1.807) is 0 Å². The van der Waals surface area contributed by atoms with Crippen LogP contribution >= 0.6 is 0 Å². The second kappa shape index (κ2) is 5.75. The largest absolute Gasteiger partial charge is 0.378 e. The summed E-state index contributed by atoms with van der Waals surface area (Å²) in [7, 11) is 0. The Morgan fingerprint density at radius 3 is 2.63 bits per heavy atom. The molecule has 1 aliphatic heterocycles. The van der Waals surface area contributed by atoms with Crippen LogP contribution in [0.2, 0.25) is 0 Å². The van der Waals surface area contributed by atoms with Crippen LogP contribution in [-0.2, 0) is 10.2 Å². The molecule has 0 radical (unpaired) electrons. The van der Waals surface area contributed by atoms with E-state index in [2.05, 4.69) is 51.1 Å². The lowest BCUT2D eigenvalue weighted by molar-refractivity contribution is -0.0441. The summed E-state index contributed by atoms with van der Waals surface area (Å²) in [6, 6.07) is 11.1. The Morgan fingerprint density at radius 2 is 2.05 bits per heavy atom. The number of benzene rings is 1. The predicted molar refractivity (Wildman–Crippen MR) is 76.9 cm³/mol. The predicted octanol–water partition coefficient (Wildman–Crippen LogP) is 3.98. The summed E-state index contributed by atoms with van der Waals surface area (Å²) in [5, 5.41) is 9.23. The van der Waals surface area contributed by atoms with E-state index in [1.165, 1.54) is 11.1 Å². The van der Waals surface area contributed by atoms with Crippen LogP contribution in [0.15, 0.2) is 24.3 Å². The number of hydrogen-bond acceptors (Lipinski definition) is 2. The van der Waals surface area contributed by atoms with Gasteiger partial charge in [0, 0.05) is 18.4 Å². The maximum Gasteiger partial charge on any atom is 0.0631 e. The van der Waals surface area contributed by atoms with Crippen molar-refractivity contribution in [1.82, 2.24) is 0 Å². The van der Waals surface area contributed by atoms with Crippen LogP contribution in [-0.4, -0.2) is 12.7 Å². The van der Waals surface area contributed by atoms with Crippen molar-refractivity contribution in [2.45, 2.75) is 51.6 Å². The molecule has 0 amide bonds. The Kier molecular flexibility index (Phi) is 4.27. The van der Waals surface area contributed by atoms with Gasteiger partial charge in [0.15, 0.2) is 0 Å². The lowest BCUT2D eigenvalue weighted by Crippen LogP contribution is -2.40. The molecule has 2 nitrogen and oxygen atoms in total. The van der Waals surface area contributed by atoms with Gasteiger partial charge in [0.25, 0.3) is 0 Å². The van der Waals surface area contributed by atoms with Gasteiger partial charge in [-0.05, 0) is 31.2 Å². The summed E-state index contributed by atoms with van der Waals surface area (Å²) < 4.78 is 5.88. The molecule has 102 valence electrons. The molecule has 2 rings (SSSR count). The third kappa shape index (κ3) is 2.98. The molecule has 0 aromatic heterocycles. The second-order valence-corrected chi connectivity index (χ2v) is 6.09. The van der Waals surface area contributed by atoms with E-state index in [1.807, 2.05) is 0 Å². The highest BCUT2D eigenvalue weighted by Crippen LogP contribution is 2.41. The number of nitriles is 1. The highest BCUT2D eigenvalue weighted by Gasteiger charge is 2.39. The molecule has 0 unspecified atom stereocenters. The minimum absolute atomic E-state index is 0.0182. The number of ether oxygens (including phenoxy) is 1. The van der Waals surface area contributed by atoms with Crippen LogP contribution in [0, 0.1) is 24.2 Å². The van der Waals surface area contributed by atoms with Gasteiger partial charge in [0.1, 0.15) is 0 Å². The maximum atomic E-state index is 9.23. The summed E-state index contributed by atoms with van der Waals surface area (Å²) in [5.41, 5.74) is 2.55. The number of nitrogens with zero attached hydrogens (tertiary/aromatic N) is 1. The van der Waals surface area contributed by atoms with E-state index in [-0.39, 0.29) is 11.5 Å². The Bertz CT molecular complexity index is 457. The van der Waals surface area contributed by atoms with Crippen LogP contribution in [0.1, 0.15) is 44.2 Å². The zero-order chi connectivity index (χ0) is 13.9. The maximum absolute atomic E-state index is 9.23. The highest BCUT2D eigenvalue weighted by molar-refractivity contribution is 5.30.